The molecule has 5 heteroatoms. The van der Waals surface area contributed by atoms with E-state index < -0.39 is 0 Å². The van der Waals surface area contributed by atoms with Crippen LogP contribution in [0.1, 0.15) is 35.7 Å². The summed E-state index contributed by atoms with van der Waals surface area (Å²) in [5, 5.41) is 4.38. The molecule has 0 radical (unpaired) electrons. The Morgan fingerprint density at radius 2 is 1.89 bits per heavy atom. The molecule has 3 aromatic rings. The lowest BCUT2D eigenvalue weighted by molar-refractivity contribution is 0.101. The van der Waals surface area contributed by atoms with E-state index in [0.29, 0.717) is 5.56 Å². The number of hydrogen-bond donors (Lipinski definition) is 1. The molecule has 138 valence electrons. The molecule has 0 amide bonds. The van der Waals surface area contributed by atoms with Crippen molar-refractivity contribution in [1.29, 1.82) is 0 Å². The zero-order chi connectivity index (χ0) is 18.8. The lowest BCUT2D eigenvalue weighted by Crippen LogP contribution is -2.18. The SMILES string of the molecule is CC(=O)c1cnc2ccc(Br)cc2c1Nc1ccc(CN2CCCC2)cc1. The molecule has 1 aliphatic heterocycles. The summed E-state index contributed by atoms with van der Waals surface area (Å²) in [7, 11) is 0. The summed E-state index contributed by atoms with van der Waals surface area (Å²) in [6.07, 6.45) is 4.26. The highest BCUT2D eigenvalue weighted by molar-refractivity contribution is 9.10. The van der Waals surface area contributed by atoms with Crippen LogP contribution in [-0.2, 0) is 6.54 Å². The number of ketones is 1. The van der Waals surface area contributed by atoms with Crippen LogP contribution in [0.3, 0.4) is 0 Å². The molecule has 0 aliphatic carbocycles. The van der Waals surface area contributed by atoms with Gasteiger partial charge in [0.15, 0.2) is 5.78 Å². The van der Waals surface area contributed by atoms with Crippen molar-refractivity contribution in [3.8, 4) is 0 Å². The van der Waals surface area contributed by atoms with Crippen molar-refractivity contribution in [2.45, 2.75) is 26.3 Å². The normalized spacial score (nSPS) is 14.6. The molecule has 2 aromatic carbocycles. The number of halogens is 1. The van der Waals surface area contributed by atoms with Crippen LogP contribution in [-0.4, -0.2) is 28.8 Å². The number of aromatic nitrogens is 1. The van der Waals surface area contributed by atoms with Crippen LogP contribution in [0.2, 0.25) is 0 Å². The van der Waals surface area contributed by atoms with E-state index in [1.165, 1.54) is 31.5 Å². The molecular weight excluding hydrogens is 402 g/mol. The number of carbonyl (C=O) groups excluding carboxylic acids is 1. The first-order chi connectivity index (χ1) is 13.1. The molecule has 0 spiro atoms. The van der Waals surface area contributed by atoms with Crippen LogP contribution in [0, 0.1) is 0 Å². The van der Waals surface area contributed by atoms with Crippen molar-refractivity contribution >= 4 is 44.0 Å². The molecule has 4 rings (SSSR count). The number of anilines is 2. The molecule has 4 nitrogen and oxygen atoms in total. The van der Waals surface area contributed by atoms with E-state index >= 15 is 0 Å². The van der Waals surface area contributed by atoms with E-state index in [-0.39, 0.29) is 5.78 Å². The van der Waals surface area contributed by atoms with Gasteiger partial charge in [-0.15, -0.1) is 0 Å². The molecule has 1 N–H and O–H groups in total. The Balaban J connectivity index is 1.64. The molecule has 0 saturated carbocycles. The average molecular weight is 424 g/mol. The molecule has 0 atom stereocenters. The number of hydrogen-bond acceptors (Lipinski definition) is 4. The van der Waals surface area contributed by atoms with Gasteiger partial charge < -0.3 is 5.32 Å². The molecule has 1 saturated heterocycles. The third-order valence-corrected chi connectivity index (χ3v) is 5.53. The zero-order valence-corrected chi connectivity index (χ0v) is 16.9. The van der Waals surface area contributed by atoms with Crippen molar-refractivity contribution in [2.75, 3.05) is 18.4 Å². The number of Topliss-reactive ketones (excluding diaryl/α,β-unsaturated/α-hetero) is 1. The number of nitrogens with one attached hydrogen (secondary N) is 1. The molecule has 0 bridgehead atoms. The van der Waals surface area contributed by atoms with Gasteiger partial charge in [-0.2, -0.15) is 0 Å². The number of benzene rings is 2. The second kappa shape index (κ2) is 7.79. The Morgan fingerprint density at radius 1 is 1.15 bits per heavy atom. The molecule has 1 aromatic heterocycles. The fourth-order valence-electron chi connectivity index (χ4n) is 3.60. The number of likely N-dealkylation sites (tertiary alicyclic amines) is 1. The van der Waals surface area contributed by atoms with E-state index in [4.69, 9.17) is 0 Å². The van der Waals surface area contributed by atoms with Crippen LogP contribution in [0.25, 0.3) is 10.9 Å². The summed E-state index contributed by atoms with van der Waals surface area (Å²) in [5.74, 6) is -0.00229. The van der Waals surface area contributed by atoms with Crippen molar-refractivity contribution in [1.82, 2.24) is 9.88 Å². The molecule has 2 heterocycles. The lowest BCUT2D eigenvalue weighted by atomic mass is 10.1. The second-order valence-electron chi connectivity index (χ2n) is 7.07. The summed E-state index contributed by atoms with van der Waals surface area (Å²) in [6.45, 7) is 4.97. The molecule has 0 unspecified atom stereocenters. The van der Waals surface area contributed by atoms with Crippen LogP contribution in [0.5, 0.6) is 0 Å². The predicted octanol–water partition coefficient (Wildman–Crippen LogP) is 5.54. The number of rotatable bonds is 5. The lowest BCUT2D eigenvalue weighted by Gasteiger charge is -2.16. The van der Waals surface area contributed by atoms with Crippen LogP contribution in [0.15, 0.2) is 53.1 Å². The molecule has 27 heavy (non-hydrogen) atoms. The van der Waals surface area contributed by atoms with Gasteiger partial charge in [0.05, 0.1) is 16.8 Å². The Bertz CT molecular complexity index is 979. The van der Waals surface area contributed by atoms with Crippen LogP contribution >= 0.6 is 15.9 Å². The summed E-state index contributed by atoms with van der Waals surface area (Å²) < 4.78 is 0.960. The summed E-state index contributed by atoms with van der Waals surface area (Å²) in [6, 6.07) is 14.4. The Hall–Kier alpha value is -2.24. The molecule has 1 fully saturated rings. The smallest absolute Gasteiger partial charge is 0.163 e. The van der Waals surface area contributed by atoms with E-state index in [9.17, 15) is 4.79 Å². The average Bonchev–Trinajstić information content (AvgIpc) is 3.16. The maximum Gasteiger partial charge on any atom is 0.163 e. The second-order valence-corrected chi connectivity index (χ2v) is 7.99. The molecule has 1 aliphatic rings. The maximum absolute atomic E-state index is 12.1. The predicted molar refractivity (Wildman–Crippen MR) is 114 cm³/mol. The standard InChI is InChI=1S/C22H22BrN3O/c1-15(27)20-13-24-21-9-6-17(23)12-19(21)22(20)25-18-7-4-16(5-8-18)14-26-10-2-3-11-26/h4-9,12-13H,2-3,10-11,14H2,1H3,(H,24,25). The monoisotopic (exact) mass is 423 g/mol. The van der Waals surface area contributed by atoms with Crippen molar-refractivity contribution in [2.24, 2.45) is 0 Å². The highest BCUT2D eigenvalue weighted by Crippen LogP contribution is 2.31. The van der Waals surface area contributed by atoms with Crippen LogP contribution < -0.4 is 5.32 Å². The van der Waals surface area contributed by atoms with E-state index in [0.717, 1.165) is 33.3 Å². The Labute approximate surface area is 167 Å². The van der Waals surface area contributed by atoms with Gasteiger partial charge in [0.1, 0.15) is 0 Å². The van der Waals surface area contributed by atoms with E-state index in [1.54, 1.807) is 13.1 Å². The minimum atomic E-state index is -0.00229. The van der Waals surface area contributed by atoms with Gasteiger partial charge >= 0.3 is 0 Å². The first-order valence-electron chi connectivity index (χ1n) is 9.28. The fourth-order valence-corrected chi connectivity index (χ4v) is 3.96. The number of pyridine rings is 1. The van der Waals surface area contributed by atoms with Gasteiger partial charge in [-0.3, -0.25) is 14.7 Å². The maximum atomic E-state index is 12.1. The first-order valence-corrected chi connectivity index (χ1v) is 10.1. The quantitative estimate of drug-likeness (QED) is 0.547. The number of fused-ring (bicyclic) bond motifs is 1. The number of nitrogens with zero attached hydrogens (tertiary/aromatic N) is 2. The van der Waals surface area contributed by atoms with Gasteiger partial charge in [0.25, 0.3) is 0 Å². The van der Waals surface area contributed by atoms with E-state index in [2.05, 4.69) is 55.4 Å². The van der Waals surface area contributed by atoms with Crippen molar-refractivity contribution in [3.63, 3.8) is 0 Å². The van der Waals surface area contributed by atoms with Crippen molar-refractivity contribution in [3.05, 3.63) is 64.3 Å². The van der Waals surface area contributed by atoms with E-state index in [1.807, 2.05) is 18.2 Å². The number of carbonyl (C=O) groups is 1. The summed E-state index contributed by atoms with van der Waals surface area (Å²) >= 11 is 3.52. The topological polar surface area (TPSA) is 45.2 Å². The highest BCUT2D eigenvalue weighted by atomic mass is 79.9. The fraction of sp³-hybridized carbons (Fsp3) is 0.273. The van der Waals surface area contributed by atoms with Gasteiger partial charge in [-0.1, -0.05) is 28.1 Å². The van der Waals surface area contributed by atoms with Crippen LogP contribution in [0.4, 0.5) is 11.4 Å². The molecular formula is C22H22BrN3O. The summed E-state index contributed by atoms with van der Waals surface area (Å²) in [5.41, 5.74) is 4.55. The van der Waals surface area contributed by atoms with Gasteiger partial charge in [-0.05, 0) is 68.8 Å². The third kappa shape index (κ3) is 4.04. The minimum absolute atomic E-state index is 0.00229. The van der Waals surface area contributed by atoms with Crippen molar-refractivity contribution < 1.29 is 4.79 Å². The Morgan fingerprint density at radius 3 is 2.59 bits per heavy atom. The zero-order valence-electron chi connectivity index (χ0n) is 15.3. The van der Waals surface area contributed by atoms with Gasteiger partial charge in [0, 0.05) is 28.3 Å². The highest BCUT2D eigenvalue weighted by Gasteiger charge is 2.14. The minimum Gasteiger partial charge on any atom is -0.354 e. The summed E-state index contributed by atoms with van der Waals surface area (Å²) in [4.78, 5) is 19.1. The van der Waals surface area contributed by atoms with Gasteiger partial charge in [0.2, 0.25) is 0 Å². The third-order valence-electron chi connectivity index (χ3n) is 5.04. The van der Waals surface area contributed by atoms with Gasteiger partial charge in [-0.25, -0.2) is 0 Å². The largest absolute Gasteiger partial charge is 0.354 e. The first kappa shape index (κ1) is 18.1. The Kier molecular flexibility index (Phi) is 5.23.